The molecule has 0 aromatic rings. The topological polar surface area (TPSA) is 200 Å². The van der Waals surface area contributed by atoms with Crippen molar-refractivity contribution in [3.05, 3.63) is 0 Å². The number of nitrogens with two attached hydrogens (primary N) is 2. The quantitative estimate of drug-likeness (QED) is 0.153. The van der Waals surface area contributed by atoms with E-state index in [1.165, 1.54) is 0 Å². The van der Waals surface area contributed by atoms with Crippen LogP contribution in [0.2, 0.25) is 0 Å². The van der Waals surface area contributed by atoms with Crippen LogP contribution in [0.25, 0.3) is 0 Å². The van der Waals surface area contributed by atoms with Crippen molar-refractivity contribution in [1.29, 1.82) is 5.41 Å². The summed E-state index contributed by atoms with van der Waals surface area (Å²) >= 11 is 0. The van der Waals surface area contributed by atoms with Gasteiger partial charge in [0.1, 0.15) is 0 Å². The minimum absolute atomic E-state index is 0.0278. The molecule has 0 bridgehead atoms. The van der Waals surface area contributed by atoms with Crippen LogP contribution >= 0.6 is 0 Å². The summed E-state index contributed by atoms with van der Waals surface area (Å²) < 4.78 is 4.63. The monoisotopic (exact) mass is 283 g/mol. The highest BCUT2D eigenvalue weighted by atomic mass is 16.5. The van der Waals surface area contributed by atoms with E-state index in [2.05, 4.69) is 16.2 Å². The van der Waals surface area contributed by atoms with E-state index in [4.69, 9.17) is 25.8 Å². The smallest absolute Gasteiger partial charge is 0.303 e. The largest absolute Gasteiger partial charge is 0.481 e. The summed E-state index contributed by atoms with van der Waals surface area (Å²) in [5.41, 5.74) is 8.94. The van der Waals surface area contributed by atoms with Crippen LogP contribution in [-0.4, -0.2) is 64.8 Å². The number of aliphatic hydroxyl groups is 2. The number of aliphatic hydroxyl groups excluding tert-OH is 2. The molecule has 0 saturated heterocycles. The molecular weight excluding hydrogens is 262 g/mol. The molecular formula is C9H21N3O7. The van der Waals surface area contributed by atoms with Crippen LogP contribution < -0.4 is 11.5 Å². The molecule has 0 radical (unpaired) electrons. The van der Waals surface area contributed by atoms with Crippen molar-refractivity contribution in [2.45, 2.75) is 12.8 Å². The second-order valence-corrected chi connectivity index (χ2v) is 2.80. The van der Waals surface area contributed by atoms with Gasteiger partial charge in [-0.15, -0.1) is 0 Å². The van der Waals surface area contributed by atoms with Gasteiger partial charge in [0.25, 0.3) is 0 Å². The van der Waals surface area contributed by atoms with Crippen molar-refractivity contribution in [1.82, 2.24) is 0 Å². The highest BCUT2D eigenvalue weighted by Crippen LogP contribution is 1.86. The minimum Gasteiger partial charge on any atom is -0.481 e. The Bertz CT molecular complexity index is 226. The summed E-state index contributed by atoms with van der Waals surface area (Å²) in [5, 5.41) is 38.0. The van der Waals surface area contributed by atoms with E-state index in [9.17, 15) is 9.59 Å². The molecule has 0 saturated carbocycles. The molecule has 0 aliphatic carbocycles. The maximum atomic E-state index is 9.64. The molecule has 0 aromatic heterocycles. The van der Waals surface area contributed by atoms with Crippen molar-refractivity contribution in [3.63, 3.8) is 0 Å². The number of ether oxygens (including phenoxy) is 1. The summed E-state index contributed by atoms with van der Waals surface area (Å²) in [6, 6.07) is 0. The third-order valence-electron chi connectivity index (χ3n) is 1.02. The van der Waals surface area contributed by atoms with Crippen LogP contribution in [0.5, 0.6) is 0 Å². The Morgan fingerprint density at radius 3 is 1.37 bits per heavy atom. The fourth-order valence-electron chi connectivity index (χ4n) is 0.445. The average Bonchev–Trinajstić information content (AvgIpc) is 2.27. The maximum Gasteiger partial charge on any atom is 0.303 e. The Hall–Kier alpha value is -1.91. The lowest BCUT2D eigenvalue weighted by atomic mass is 10.3. The molecule has 0 aliphatic rings. The van der Waals surface area contributed by atoms with Crippen LogP contribution in [0.1, 0.15) is 12.8 Å². The number of hydrogen-bond donors (Lipinski definition) is 7. The normalized spacial score (nSPS) is 8.32. The molecule has 114 valence electrons. The molecule has 0 heterocycles. The standard InChI is InChI=1S/C4H6O4.C4H10O3.CH5N3/c5-3(6)1-2-4(7)8;5-1-3-7-4-2-6;2-1(3)4/h1-2H2,(H,5,6)(H,7,8);5-6H,1-4H2;(H5,2,3,4). The predicted octanol–water partition coefficient (Wildman–Crippen LogP) is -2.24. The number of carboxylic acid groups (broad SMARTS) is 2. The lowest BCUT2D eigenvalue weighted by Crippen LogP contribution is -2.20. The van der Waals surface area contributed by atoms with E-state index >= 15 is 0 Å². The molecule has 0 aromatic carbocycles. The summed E-state index contributed by atoms with van der Waals surface area (Å²) in [7, 11) is 0. The zero-order valence-corrected chi connectivity index (χ0v) is 10.4. The third-order valence-corrected chi connectivity index (χ3v) is 1.02. The van der Waals surface area contributed by atoms with Gasteiger partial charge in [0.15, 0.2) is 5.96 Å². The van der Waals surface area contributed by atoms with E-state index in [1.54, 1.807) is 0 Å². The third kappa shape index (κ3) is 63.5. The van der Waals surface area contributed by atoms with E-state index < -0.39 is 11.9 Å². The highest BCUT2D eigenvalue weighted by Gasteiger charge is 2.00. The van der Waals surface area contributed by atoms with Gasteiger partial charge in [0.2, 0.25) is 0 Å². The van der Waals surface area contributed by atoms with Gasteiger partial charge in [-0.3, -0.25) is 15.0 Å². The molecule has 0 atom stereocenters. The van der Waals surface area contributed by atoms with E-state index in [0.717, 1.165) is 0 Å². The SMILES string of the molecule is N=C(N)N.O=C(O)CCC(=O)O.OCCOCCO. The average molecular weight is 283 g/mol. The van der Waals surface area contributed by atoms with Crippen LogP contribution in [0, 0.1) is 5.41 Å². The van der Waals surface area contributed by atoms with Crippen molar-refractivity contribution in [3.8, 4) is 0 Å². The zero-order chi connectivity index (χ0) is 15.7. The van der Waals surface area contributed by atoms with Crippen molar-refractivity contribution >= 4 is 17.9 Å². The first-order valence-corrected chi connectivity index (χ1v) is 5.10. The zero-order valence-electron chi connectivity index (χ0n) is 10.4. The van der Waals surface area contributed by atoms with E-state index in [-0.39, 0.29) is 32.0 Å². The fraction of sp³-hybridized carbons (Fsp3) is 0.667. The maximum absolute atomic E-state index is 9.64. The van der Waals surface area contributed by atoms with Crippen molar-refractivity contribution in [2.24, 2.45) is 11.5 Å². The first kappa shape index (κ1) is 22.3. The van der Waals surface area contributed by atoms with Gasteiger partial charge < -0.3 is 36.6 Å². The molecule has 0 rings (SSSR count). The minimum atomic E-state index is -1.08. The second-order valence-electron chi connectivity index (χ2n) is 2.80. The van der Waals surface area contributed by atoms with Gasteiger partial charge in [-0.25, -0.2) is 0 Å². The Kier molecular flexibility index (Phi) is 21.6. The van der Waals surface area contributed by atoms with E-state index in [0.29, 0.717) is 13.2 Å². The molecule has 19 heavy (non-hydrogen) atoms. The van der Waals surface area contributed by atoms with Gasteiger partial charge in [0, 0.05) is 0 Å². The van der Waals surface area contributed by atoms with Gasteiger partial charge in [-0.2, -0.15) is 0 Å². The van der Waals surface area contributed by atoms with Gasteiger partial charge in [-0.1, -0.05) is 0 Å². The first-order chi connectivity index (χ1) is 8.77. The number of aliphatic carboxylic acids is 2. The molecule has 9 N–H and O–H groups in total. The van der Waals surface area contributed by atoms with Gasteiger partial charge in [0.05, 0.1) is 39.3 Å². The molecule has 0 aliphatic heterocycles. The van der Waals surface area contributed by atoms with Crippen LogP contribution in [-0.2, 0) is 14.3 Å². The summed E-state index contributed by atoms with van der Waals surface area (Å²) in [4.78, 5) is 19.3. The lowest BCUT2D eigenvalue weighted by Gasteiger charge is -1.94. The molecule has 10 nitrogen and oxygen atoms in total. The molecule has 0 fully saturated rings. The number of carbonyl (C=O) groups is 2. The van der Waals surface area contributed by atoms with E-state index in [1.807, 2.05) is 0 Å². The summed E-state index contributed by atoms with van der Waals surface area (Å²) in [6.07, 6.45) is -0.593. The Morgan fingerprint density at radius 2 is 1.21 bits per heavy atom. The molecule has 0 amide bonds. The van der Waals surface area contributed by atoms with Crippen LogP contribution in [0.15, 0.2) is 0 Å². The Balaban J connectivity index is -0.000000214. The summed E-state index contributed by atoms with van der Waals surface area (Å²) in [5.74, 6) is -2.49. The Morgan fingerprint density at radius 1 is 0.947 bits per heavy atom. The molecule has 0 spiro atoms. The number of rotatable bonds is 7. The van der Waals surface area contributed by atoms with Gasteiger partial charge in [-0.05, 0) is 0 Å². The molecule has 10 heteroatoms. The van der Waals surface area contributed by atoms with Crippen molar-refractivity contribution in [2.75, 3.05) is 26.4 Å². The second kappa shape index (κ2) is 18.5. The predicted molar refractivity (Wildman–Crippen MR) is 65.6 cm³/mol. The number of nitrogens with one attached hydrogen (secondary N) is 1. The number of carboxylic acids is 2. The molecule has 0 unspecified atom stereocenters. The van der Waals surface area contributed by atoms with Gasteiger partial charge >= 0.3 is 11.9 Å². The lowest BCUT2D eigenvalue weighted by molar-refractivity contribution is -0.143. The van der Waals surface area contributed by atoms with Crippen LogP contribution in [0.4, 0.5) is 0 Å². The highest BCUT2D eigenvalue weighted by molar-refractivity contribution is 5.75. The van der Waals surface area contributed by atoms with Crippen LogP contribution in [0.3, 0.4) is 0 Å². The number of hydrogen-bond acceptors (Lipinski definition) is 6. The van der Waals surface area contributed by atoms with Crippen molar-refractivity contribution < 1.29 is 34.8 Å². The number of guanidine groups is 1. The Labute approximate surface area is 110 Å². The fourth-order valence-corrected chi connectivity index (χ4v) is 0.445. The first-order valence-electron chi connectivity index (χ1n) is 5.10. The summed E-state index contributed by atoms with van der Waals surface area (Å²) in [6.45, 7) is 0.696.